The first kappa shape index (κ1) is 13.7. The summed E-state index contributed by atoms with van der Waals surface area (Å²) in [7, 11) is 0. The molecule has 0 saturated carbocycles. The monoisotopic (exact) mass is 309 g/mol. The Bertz CT molecular complexity index is 831. The number of hydrogen-bond donors (Lipinski definition) is 1. The van der Waals surface area contributed by atoms with Crippen molar-refractivity contribution in [1.29, 1.82) is 0 Å². The van der Waals surface area contributed by atoms with Gasteiger partial charge in [0.1, 0.15) is 17.0 Å². The van der Waals surface area contributed by atoms with E-state index in [-0.39, 0.29) is 0 Å². The van der Waals surface area contributed by atoms with Gasteiger partial charge in [-0.2, -0.15) is 0 Å². The van der Waals surface area contributed by atoms with E-state index < -0.39 is 0 Å². The van der Waals surface area contributed by atoms with Gasteiger partial charge in [0.05, 0.1) is 5.39 Å². The molecular formula is C18H19N3S. The van der Waals surface area contributed by atoms with Crippen molar-refractivity contribution in [3.05, 3.63) is 46.1 Å². The van der Waals surface area contributed by atoms with Gasteiger partial charge >= 0.3 is 0 Å². The van der Waals surface area contributed by atoms with Gasteiger partial charge in [-0.3, -0.25) is 0 Å². The van der Waals surface area contributed by atoms with Crippen molar-refractivity contribution in [2.45, 2.75) is 39.5 Å². The number of aromatic nitrogens is 2. The van der Waals surface area contributed by atoms with Gasteiger partial charge in [0, 0.05) is 10.6 Å². The van der Waals surface area contributed by atoms with Crippen molar-refractivity contribution in [3.63, 3.8) is 0 Å². The Hall–Kier alpha value is -1.94. The molecule has 0 atom stereocenters. The second-order valence-corrected chi connectivity index (χ2v) is 7.09. The molecule has 2 aromatic heterocycles. The average Bonchev–Trinajstić information content (AvgIpc) is 2.90. The Morgan fingerprint density at radius 2 is 1.82 bits per heavy atom. The van der Waals surface area contributed by atoms with E-state index in [4.69, 9.17) is 0 Å². The van der Waals surface area contributed by atoms with Crippen LogP contribution in [0.2, 0.25) is 0 Å². The molecule has 0 spiro atoms. The summed E-state index contributed by atoms with van der Waals surface area (Å²) in [5, 5.41) is 4.82. The van der Waals surface area contributed by atoms with Crippen molar-refractivity contribution >= 4 is 33.1 Å². The largest absolute Gasteiger partial charge is 0.339 e. The smallest absolute Gasteiger partial charge is 0.142 e. The molecule has 1 aliphatic carbocycles. The number of thiophene rings is 1. The molecule has 0 saturated heterocycles. The number of fused-ring (bicyclic) bond motifs is 3. The second-order valence-electron chi connectivity index (χ2n) is 6.01. The summed E-state index contributed by atoms with van der Waals surface area (Å²) in [6, 6.07) is 6.37. The van der Waals surface area contributed by atoms with Crippen LogP contribution in [0.25, 0.3) is 10.2 Å². The van der Waals surface area contributed by atoms with Crippen molar-refractivity contribution < 1.29 is 0 Å². The van der Waals surface area contributed by atoms with Gasteiger partial charge in [0.25, 0.3) is 0 Å². The molecule has 3 nitrogen and oxygen atoms in total. The van der Waals surface area contributed by atoms with E-state index in [9.17, 15) is 0 Å². The summed E-state index contributed by atoms with van der Waals surface area (Å²) < 4.78 is 0. The van der Waals surface area contributed by atoms with E-state index in [2.05, 4.69) is 47.3 Å². The highest BCUT2D eigenvalue weighted by atomic mass is 32.1. The quantitative estimate of drug-likeness (QED) is 0.729. The van der Waals surface area contributed by atoms with Crippen LogP contribution in [-0.2, 0) is 12.8 Å². The molecular weight excluding hydrogens is 290 g/mol. The van der Waals surface area contributed by atoms with Crippen molar-refractivity contribution in [3.8, 4) is 0 Å². The number of aryl methyl sites for hydroxylation is 4. The molecule has 0 fully saturated rings. The average molecular weight is 309 g/mol. The minimum absolute atomic E-state index is 0.960. The maximum absolute atomic E-state index is 4.55. The van der Waals surface area contributed by atoms with Gasteiger partial charge in [0.2, 0.25) is 0 Å². The third kappa shape index (κ3) is 2.18. The van der Waals surface area contributed by atoms with E-state index in [0.717, 1.165) is 17.1 Å². The lowest BCUT2D eigenvalue weighted by Crippen LogP contribution is -2.02. The number of hydrogen-bond acceptors (Lipinski definition) is 4. The number of nitrogens with zero attached hydrogens (tertiary/aromatic N) is 2. The van der Waals surface area contributed by atoms with E-state index in [1.807, 2.05) is 11.3 Å². The molecule has 0 unspecified atom stereocenters. The highest BCUT2D eigenvalue weighted by Crippen LogP contribution is 2.39. The zero-order valence-electron chi connectivity index (χ0n) is 12.9. The molecule has 0 bridgehead atoms. The molecule has 4 rings (SSSR count). The minimum Gasteiger partial charge on any atom is -0.339 e. The van der Waals surface area contributed by atoms with Crippen molar-refractivity contribution in [2.24, 2.45) is 0 Å². The summed E-state index contributed by atoms with van der Waals surface area (Å²) in [5.41, 5.74) is 5.13. The Kier molecular flexibility index (Phi) is 3.34. The molecule has 3 aromatic rings. The van der Waals surface area contributed by atoms with Gasteiger partial charge in [-0.05, 0) is 56.2 Å². The van der Waals surface area contributed by atoms with Crippen LogP contribution in [0, 0.1) is 13.8 Å². The Balaban J connectivity index is 1.87. The standard InChI is InChI=1S/C18H19N3S/c1-11-6-5-7-12(2)16(11)21-17-15-13-8-3-4-9-14(13)22-18(15)20-10-19-17/h5-7,10H,3-4,8-9H2,1-2H3,(H,19,20,21). The summed E-state index contributed by atoms with van der Waals surface area (Å²) in [6.07, 6.45) is 6.60. The van der Waals surface area contributed by atoms with E-state index in [1.54, 1.807) is 6.33 Å². The number of nitrogens with one attached hydrogen (secondary N) is 1. The van der Waals surface area contributed by atoms with Gasteiger partial charge in [0.15, 0.2) is 0 Å². The SMILES string of the molecule is Cc1cccc(C)c1Nc1ncnc2sc3c(c12)CCCC3. The van der Waals surface area contributed by atoms with Crippen LogP contribution in [0.15, 0.2) is 24.5 Å². The van der Waals surface area contributed by atoms with Gasteiger partial charge in [-0.25, -0.2) is 9.97 Å². The number of rotatable bonds is 2. The van der Waals surface area contributed by atoms with Crippen molar-refractivity contribution in [2.75, 3.05) is 5.32 Å². The lowest BCUT2D eigenvalue weighted by molar-refractivity contribution is 0.700. The lowest BCUT2D eigenvalue weighted by Gasteiger charge is -2.15. The Labute approximate surface area is 134 Å². The van der Waals surface area contributed by atoms with E-state index >= 15 is 0 Å². The second kappa shape index (κ2) is 5.36. The molecule has 112 valence electrons. The predicted molar refractivity (Wildman–Crippen MR) is 93.3 cm³/mol. The normalized spacial score (nSPS) is 14.1. The van der Waals surface area contributed by atoms with Crippen LogP contribution in [0.1, 0.15) is 34.4 Å². The summed E-state index contributed by atoms with van der Waals surface area (Å²) >= 11 is 1.84. The van der Waals surface area contributed by atoms with Crippen molar-refractivity contribution in [1.82, 2.24) is 9.97 Å². The summed E-state index contributed by atoms with van der Waals surface area (Å²) in [6.45, 7) is 4.27. The first-order chi connectivity index (χ1) is 10.7. The maximum Gasteiger partial charge on any atom is 0.142 e. The topological polar surface area (TPSA) is 37.8 Å². The minimum atomic E-state index is 0.960. The predicted octanol–water partition coefficient (Wildman–Crippen LogP) is 4.93. The number of para-hydroxylation sites is 1. The lowest BCUT2D eigenvalue weighted by atomic mass is 9.97. The zero-order chi connectivity index (χ0) is 15.1. The maximum atomic E-state index is 4.55. The third-order valence-corrected chi connectivity index (χ3v) is 5.68. The molecule has 0 amide bonds. The first-order valence-corrected chi connectivity index (χ1v) is 8.64. The molecule has 1 aliphatic rings. The number of anilines is 2. The van der Waals surface area contributed by atoms with Gasteiger partial charge in [-0.1, -0.05) is 18.2 Å². The zero-order valence-corrected chi connectivity index (χ0v) is 13.8. The van der Waals surface area contributed by atoms with Crippen LogP contribution in [0.4, 0.5) is 11.5 Å². The van der Waals surface area contributed by atoms with Crippen LogP contribution < -0.4 is 5.32 Å². The molecule has 1 aromatic carbocycles. The number of benzene rings is 1. The van der Waals surface area contributed by atoms with E-state index in [0.29, 0.717) is 0 Å². The third-order valence-electron chi connectivity index (χ3n) is 4.48. The molecule has 2 heterocycles. The first-order valence-electron chi connectivity index (χ1n) is 7.82. The fourth-order valence-electron chi connectivity index (χ4n) is 3.32. The highest BCUT2D eigenvalue weighted by Gasteiger charge is 2.20. The van der Waals surface area contributed by atoms with Gasteiger partial charge < -0.3 is 5.32 Å². The molecule has 1 N–H and O–H groups in total. The summed E-state index contributed by atoms with van der Waals surface area (Å²) in [4.78, 5) is 11.7. The van der Waals surface area contributed by atoms with Crippen LogP contribution >= 0.6 is 11.3 Å². The molecule has 0 radical (unpaired) electrons. The Morgan fingerprint density at radius 1 is 1.05 bits per heavy atom. The van der Waals surface area contributed by atoms with Crippen LogP contribution in [0.3, 0.4) is 0 Å². The van der Waals surface area contributed by atoms with Crippen LogP contribution in [0.5, 0.6) is 0 Å². The Morgan fingerprint density at radius 3 is 2.64 bits per heavy atom. The molecule has 4 heteroatoms. The fourth-order valence-corrected chi connectivity index (χ4v) is 4.54. The molecule has 22 heavy (non-hydrogen) atoms. The summed E-state index contributed by atoms with van der Waals surface area (Å²) in [5.74, 6) is 0.960. The highest BCUT2D eigenvalue weighted by molar-refractivity contribution is 7.19. The van der Waals surface area contributed by atoms with Gasteiger partial charge in [-0.15, -0.1) is 11.3 Å². The fraction of sp³-hybridized carbons (Fsp3) is 0.333. The van der Waals surface area contributed by atoms with E-state index in [1.165, 1.54) is 51.9 Å². The van der Waals surface area contributed by atoms with Crippen LogP contribution in [-0.4, -0.2) is 9.97 Å². The molecule has 0 aliphatic heterocycles.